The Hall–Kier alpha value is -3.02. The van der Waals surface area contributed by atoms with Gasteiger partial charge in [0.05, 0.1) is 35.2 Å². The van der Waals surface area contributed by atoms with Crippen molar-refractivity contribution in [1.82, 2.24) is 9.97 Å². The van der Waals surface area contributed by atoms with Gasteiger partial charge in [0.1, 0.15) is 5.69 Å². The van der Waals surface area contributed by atoms with Gasteiger partial charge in [0.15, 0.2) is 11.1 Å². The van der Waals surface area contributed by atoms with E-state index in [1.807, 2.05) is 43.0 Å². The molecule has 1 aliphatic rings. The van der Waals surface area contributed by atoms with Crippen molar-refractivity contribution in [3.05, 3.63) is 59.3 Å². The first-order valence-corrected chi connectivity index (χ1v) is 11.3. The average molecular weight is 423 g/mol. The van der Waals surface area contributed by atoms with Gasteiger partial charge >= 0.3 is 0 Å². The molecule has 0 radical (unpaired) electrons. The first-order valence-electron chi connectivity index (χ1n) is 9.72. The van der Waals surface area contributed by atoms with Crippen LogP contribution in [0.2, 0.25) is 0 Å². The molecule has 1 aromatic heterocycles. The normalized spacial score (nSPS) is 15.7. The molecule has 0 saturated carbocycles. The van der Waals surface area contributed by atoms with E-state index in [0.29, 0.717) is 43.2 Å². The number of para-hydroxylation sites is 2. The highest BCUT2D eigenvalue weighted by atomic mass is 32.2. The van der Waals surface area contributed by atoms with Crippen LogP contribution < -0.4 is 4.90 Å². The van der Waals surface area contributed by atoms with Gasteiger partial charge in [0.25, 0.3) is 0 Å². The lowest BCUT2D eigenvalue weighted by Gasteiger charge is -2.30. The second-order valence-corrected chi connectivity index (χ2v) is 9.35. The fourth-order valence-corrected chi connectivity index (χ4v) is 4.95. The fourth-order valence-electron chi connectivity index (χ4n) is 3.49. The van der Waals surface area contributed by atoms with E-state index in [2.05, 4.69) is 4.98 Å². The number of rotatable bonds is 4. The second kappa shape index (κ2) is 8.01. The van der Waals surface area contributed by atoms with Gasteiger partial charge in [-0.3, -0.25) is 0 Å². The van der Waals surface area contributed by atoms with Crippen LogP contribution in [0.1, 0.15) is 22.1 Å². The van der Waals surface area contributed by atoms with E-state index in [-0.39, 0.29) is 10.6 Å². The van der Waals surface area contributed by atoms with Gasteiger partial charge in [0.2, 0.25) is 9.84 Å². The average Bonchev–Trinajstić information content (AvgIpc) is 2.76. The maximum absolute atomic E-state index is 13.5. The van der Waals surface area contributed by atoms with Crippen LogP contribution in [0.25, 0.3) is 11.0 Å². The van der Waals surface area contributed by atoms with Crippen LogP contribution in [0.15, 0.2) is 47.4 Å². The molecule has 0 unspecified atom stereocenters. The molecule has 0 spiro atoms. The van der Waals surface area contributed by atoms with Gasteiger partial charge in [-0.25, -0.2) is 18.4 Å². The molecule has 4 rings (SSSR count). The lowest BCUT2D eigenvalue weighted by Crippen LogP contribution is -2.38. The highest BCUT2D eigenvalue weighted by Gasteiger charge is 2.35. The maximum atomic E-state index is 13.5. The van der Waals surface area contributed by atoms with Crippen LogP contribution in [0, 0.1) is 25.2 Å². The standard InChI is InChI=1S/C22H22N4O3S/c1-15-7-8-17(13-16(15)2)30(27,28)20(14-23)21-22(26-9-11-29-12-10-26)25-19-6-4-3-5-18(19)24-21/h3-8,13,20H,9-12H2,1-2H3/t20-/m0/s1. The van der Waals surface area contributed by atoms with E-state index in [0.717, 1.165) is 11.1 Å². The lowest BCUT2D eigenvalue weighted by molar-refractivity contribution is 0.122. The molecule has 0 N–H and O–H groups in total. The summed E-state index contributed by atoms with van der Waals surface area (Å²) in [6, 6.07) is 14.2. The summed E-state index contributed by atoms with van der Waals surface area (Å²) in [6.45, 7) is 5.90. The quantitative estimate of drug-likeness (QED) is 0.637. The molecule has 1 aliphatic heterocycles. The predicted molar refractivity (Wildman–Crippen MR) is 114 cm³/mol. The van der Waals surface area contributed by atoms with Crippen molar-refractivity contribution >= 4 is 26.7 Å². The third-order valence-corrected chi connectivity index (χ3v) is 7.23. The number of nitrogens with zero attached hydrogens (tertiary/aromatic N) is 4. The third kappa shape index (κ3) is 3.62. The van der Waals surface area contributed by atoms with E-state index in [1.54, 1.807) is 24.3 Å². The first kappa shape index (κ1) is 20.3. The lowest BCUT2D eigenvalue weighted by atomic mass is 10.1. The molecule has 8 heteroatoms. The number of hydrogen-bond acceptors (Lipinski definition) is 7. The molecular weight excluding hydrogens is 400 g/mol. The molecule has 0 amide bonds. The van der Waals surface area contributed by atoms with E-state index >= 15 is 0 Å². The number of fused-ring (bicyclic) bond motifs is 1. The molecule has 2 aromatic carbocycles. The van der Waals surface area contributed by atoms with Crippen LogP contribution in [0.5, 0.6) is 0 Å². The van der Waals surface area contributed by atoms with Gasteiger partial charge in [-0.1, -0.05) is 18.2 Å². The summed E-state index contributed by atoms with van der Waals surface area (Å²) in [6.07, 6.45) is 0. The topological polar surface area (TPSA) is 96.2 Å². The van der Waals surface area contributed by atoms with Gasteiger partial charge < -0.3 is 9.64 Å². The van der Waals surface area contributed by atoms with Crippen molar-refractivity contribution in [3.8, 4) is 6.07 Å². The number of aromatic nitrogens is 2. The number of anilines is 1. The Balaban J connectivity index is 1.90. The van der Waals surface area contributed by atoms with Crippen molar-refractivity contribution in [2.24, 2.45) is 0 Å². The predicted octanol–water partition coefficient (Wildman–Crippen LogP) is 3.12. The monoisotopic (exact) mass is 422 g/mol. The van der Waals surface area contributed by atoms with Gasteiger partial charge in [-0.15, -0.1) is 0 Å². The number of morpholine rings is 1. The van der Waals surface area contributed by atoms with Crippen LogP contribution in [-0.2, 0) is 14.6 Å². The first-order chi connectivity index (χ1) is 14.4. The molecule has 0 aliphatic carbocycles. The van der Waals surface area contributed by atoms with Gasteiger partial charge in [-0.2, -0.15) is 5.26 Å². The molecule has 1 fully saturated rings. The molecule has 154 valence electrons. The summed E-state index contributed by atoms with van der Waals surface area (Å²) in [5, 5.41) is 8.49. The Kier molecular flexibility index (Phi) is 5.41. The summed E-state index contributed by atoms with van der Waals surface area (Å²) in [5.41, 5.74) is 3.21. The van der Waals surface area contributed by atoms with Crippen molar-refractivity contribution in [2.75, 3.05) is 31.2 Å². The smallest absolute Gasteiger partial charge is 0.200 e. The van der Waals surface area contributed by atoms with Crippen molar-refractivity contribution < 1.29 is 13.2 Å². The number of sulfone groups is 1. The second-order valence-electron chi connectivity index (χ2n) is 7.32. The van der Waals surface area contributed by atoms with Crippen LogP contribution in [0.4, 0.5) is 5.82 Å². The van der Waals surface area contributed by atoms with E-state index in [4.69, 9.17) is 9.72 Å². The van der Waals surface area contributed by atoms with Crippen molar-refractivity contribution in [1.29, 1.82) is 5.26 Å². The molecule has 2 heterocycles. The Bertz CT molecular complexity index is 1240. The van der Waals surface area contributed by atoms with Crippen LogP contribution in [-0.4, -0.2) is 44.7 Å². The zero-order valence-corrected chi connectivity index (χ0v) is 17.7. The molecule has 30 heavy (non-hydrogen) atoms. The summed E-state index contributed by atoms with van der Waals surface area (Å²) >= 11 is 0. The Morgan fingerprint density at radius 1 is 1.03 bits per heavy atom. The Morgan fingerprint density at radius 2 is 1.70 bits per heavy atom. The van der Waals surface area contributed by atoms with E-state index < -0.39 is 15.1 Å². The molecular formula is C22H22N4O3S. The van der Waals surface area contributed by atoms with Crippen molar-refractivity contribution in [2.45, 2.75) is 24.0 Å². The zero-order valence-electron chi connectivity index (χ0n) is 16.9. The number of nitriles is 1. The summed E-state index contributed by atoms with van der Waals surface area (Å²) in [7, 11) is -3.99. The zero-order chi connectivity index (χ0) is 21.3. The minimum absolute atomic E-state index is 0.111. The number of hydrogen-bond donors (Lipinski definition) is 0. The van der Waals surface area contributed by atoms with Crippen LogP contribution in [0.3, 0.4) is 0 Å². The molecule has 0 bridgehead atoms. The number of ether oxygens (including phenoxy) is 1. The fraction of sp³-hybridized carbons (Fsp3) is 0.318. The minimum atomic E-state index is -3.99. The number of benzene rings is 2. The highest BCUT2D eigenvalue weighted by molar-refractivity contribution is 7.92. The summed E-state index contributed by atoms with van der Waals surface area (Å²) < 4.78 is 32.4. The maximum Gasteiger partial charge on any atom is 0.200 e. The van der Waals surface area contributed by atoms with Gasteiger partial charge in [-0.05, 0) is 49.2 Å². The molecule has 1 saturated heterocycles. The molecule has 3 aromatic rings. The molecule has 7 nitrogen and oxygen atoms in total. The van der Waals surface area contributed by atoms with E-state index in [9.17, 15) is 13.7 Å². The van der Waals surface area contributed by atoms with Gasteiger partial charge in [0, 0.05) is 13.1 Å². The highest BCUT2D eigenvalue weighted by Crippen LogP contribution is 2.34. The number of aryl methyl sites for hydroxylation is 2. The molecule has 1 atom stereocenters. The minimum Gasteiger partial charge on any atom is -0.378 e. The largest absolute Gasteiger partial charge is 0.378 e. The summed E-state index contributed by atoms with van der Waals surface area (Å²) in [4.78, 5) is 11.4. The summed E-state index contributed by atoms with van der Waals surface area (Å²) in [5.74, 6) is 0.427. The van der Waals surface area contributed by atoms with Crippen LogP contribution >= 0.6 is 0 Å². The van der Waals surface area contributed by atoms with E-state index in [1.165, 1.54) is 0 Å². The Labute approximate surface area is 175 Å². The SMILES string of the molecule is Cc1ccc(S(=O)(=O)[C@@H](C#N)c2nc3ccccc3nc2N2CCOCC2)cc1C. The third-order valence-electron chi connectivity index (χ3n) is 5.37. The van der Waals surface area contributed by atoms with Crippen molar-refractivity contribution in [3.63, 3.8) is 0 Å². The Morgan fingerprint density at radius 3 is 2.33 bits per heavy atom.